The summed E-state index contributed by atoms with van der Waals surface area (Å²) in [7, 11) is -2.40. The van der Waals surface area contributed by atoms with Gasteiger partial charge in [0.2, 0.25) is 10.0 Å². The molecule has 0 unspecified atom stereocenters. The molecule has 0 aliphatic rings. The third-order valence-corrected chi connectivity index (χ3v) is 6.55. The number of benzene rings is 3. The molecule has 0 fully saturated rings. The monoisotopic (exact) mass is 463 g/mol. The number of hydrogen-bond donors (Lipinski definition) is 1. The first kappa shape index (κ1) is 22.7. The number of carbonyl (C=O) groups is 1. The molecule has 0 bridgehead atoms. The van der Waals surface area contributed by atoms with Gasteiger partial charge in [0.05, 0.1) is 4.90 Å². The van der Waals surface area contributed by atoms with Crippen LogP contribution in [0.25, 0.3) is 11.1 Å². The largest absolute Gasteiger partial charge is 0.481 e. The Labute approximate surface area is 184 Å². The lowest BCUT2D eigenvalue weighted by Gasteiger charge is -2.19. The molecule has 0 atom stereocenters. The van der Waals surface area contributed by atoms with E-state index in [1.165, 1.54) is 19.2 Å². The Morgan fingerprint density at radius 1 is 1.06 bits per heavy atom. The molecule has 0 aromatic heterocycles. The average Bonchev–Trinajstić information content (AvgIpc) is 2.73. The molecular formula is C22H19ClFNO5S. The third-order valence-electron chi connectivity index (χ3n) is 4.48. The highest BCUT2D eigenvalue weighted by Crippen LogP contribution is 2.32. The minimum absolute atomic E-state index is 0.0178. The van der Waals surface area contributed by atoms with E-state index in [1.54, 1.807) is 42.5 Å². The SMILES string of the molecule is CN(Cc1ccc(OCC(=O)O)c(-c2ccc(Cl)cc2)c1)S(=O)(=O)c1ccc(F)cc1. The Bertz CT molecular complexity index is 1180. The molecule has 162 valence electrons. The van der Waals surface area contributed by atoms with Gasteiger partial charge in [-0.15, -0.1) is 0 Å². The number of carboxylic acid groups (broad SMARTS) is 1. The van der Waals surface area contributed by atoms with Gasteiger partial charge >= 0.3 is 5.97 Å². The molecule has 31 heavy (non-hydrogen) atoms. The van der Waals surface area contributed by atoms with E-state index in [4.69, 9.17) is 21.4 Å². The first-order chi connectivity index (χ1) is 14.7. The Balaban J connectivity index is 1.92. The van der Waals surface area contributed by atoms with Crippen molar-refractivity contribution in [2.45, 2.75) is 11.4 Å². The molecule has 0 aliphatic heterocycles. The van der Waals surface area contributed by atoms with Crippen molar-refractivity contribution >= 4 is 27.6 Å². The summed E-state index contributed by atoms with van der Waals surface area (Å²) < 4.78 is 45.2. The zero-order valence-corrected chi connectivity index (χ0v) is 18.0. The number of carboxylic acids is 1. The lowest BCUT2D eigenvalue weighted by molar-refractivity contribution is -0.139. The lowest BCUT2D eigenvalue weighted by Crippen LogP contribution is -2.26. The third kappa shape index (κ3) is 5.61. The highest BCUT2D eigenvalue weighted by molar-refractivity contribution is 7.89. The Hall–Kier alpha value is -2.94. The highest BCUT2D eigenvalue weighted by atomic mass is 35.5. The predicted octanol–water partition coefficient (Wildman–Crippen LogP) is 4.43. The number of rotatable bonds is 8. The molecule has 1 N–H and O–H groups in total. The quantitative estimate of drug-likeness (QED) is 0.534. The number of aliphatic carboxylic acids is 1. The van der Waals surface area contributed by atoms with Crippen LogP contribution in [0.3, 0.4) is 0 Å². The molecule has 6 nitrogen and oxygen atoms in total. The summed E-state index contributed by atoms with van der Waals surface area (Å²) in [6, 6.07) is 16.5. The molecule has 0 amide bonds. The van der Waals surface area contributed by atoms with E-state index in [0.29, 0.717) is 21.9 Å². The number of hydrogen-bond acceptors (Lipinski definition) is 4. The second kappa shape index (κ2) is 9.47. The van der Waals surface area contributed by atoms with E-state index >= 15 is 0 Å². The Morgan fingerprint density at radius 2 is 1.71 bits per heavy atom. The van der Waals surface area contributed by atoms with Gasteiger partial charge < -0.3 is 9.84 Å². The van der Waals surface area contributed by atoms with Crippen molar-refractivity contribution in [2.24, 2.45) is 0 Å². The van der Waals surface area contributed by atoms with Crippen LogP contribution in [-0.2, 0) is 21.4 Å². The molecular weight excluding hydrogens is 445 g/mol. The maximum atomic E-state index is 13.1. The van der Waals surface area contributed by atoms with Crippen LogP contribution in [0.15, 0.2) is 71.6 Å². The molecule has 3 rings (SSSR count). The van der Waals surface area contributed by atoms with E-state index < -0.39 is 28.4 Å². The zero-order valence-electron chi connectivity index (χ0n) is 16.5. The molecule has 3 aromatic rings. The van der Waals surface area contributed by atoms with Gasteiger partial charge in [0.15, 0.2) is 6.61 Å². The first-order valence-electron chi connectivity index (χ1n) is 9.12. The summed E-state index contributed by atoms with van der Waals surface area (Å²) >= 11 is 5.95. The minimum atomic E-state index is -3.83. The van der Waals surface area contributed by atoms with E-state index in [1.807, 2.05) is 0 Å². The summed E-state index contributed by atoms with van der Waals surface area (Å²) in [5, 5.41) is 9.46. The van der Waals surface area contributed by atoms with Gasteiger partial charge in [0, 0.05) is 24.2 Å². The number of sulfonamides is 1. The fourth-order valence-electron chi connectivity index (χ4n) is 2.92. The number of ether oxygens (including phenoxy) is 1. The van der Waals surface area contributed by atoms with Crippen LogP contribution in [-0.4, -0.2) is 37.5 Å². The van der Waals surface area contributed by atoms with E-state index in [9.17, 15) is 17.6 Å². The van der Waals surface area contributed by atoms with Gasteiger partial charge in [-0.2, -0.15) is 4.31 Å². The van der Waals surface area contributed by atoms with Crippen LogP contribution in [0.4, 0.5) is 4.39 Å². The molecule has 0 aliphatic carbocycles. The van der Waals surface area contributed by atoms with Crippen LogP contribution in [0.2, 0.25) is 5.02 Å². The van der Waals surface area contributed by atoms with Crippen LogP contribution < -0.4 is 4.74 Å². The van der Waals surface area contributed by atoms with Crippen molar-refractivity contribution in [1.82, 2.24) is 4.31 Å². The maximum absolute atomic E-state index is 13.1. The molecule has 9 heteroatoms. The Kier molecular flexibility index (Phi) is 6.94. The van der Waals surface area contributed by atoms with E-state index in [2.05, 4.69) is 0 Å². The summed E-state index contributed by atoms with van der Waals surface area (Å²) in [6.07, 6.45) is 0. The van der Waals surface area contributed by atoms with Crippen molar-refractivity contribution in [2.75, 3.05) is 13.7 Å². The van der Waals surface area contributed by atoms with Crippen molar-refractivity contribution in [1.29, 1.82) is 0 Å². The summed E-state index contributed by atoms with van der Waals surface area (Å²) in [4.78, 5) is 10.9. The van der Waals surface area contributed by atoms with Crippen molar-refractivity contribution in [3.05, 3.63) is 83.1 Å². The number of nitrogens with zero attached hydrogens (tertiary/aromatic N) is 1. The van der Waals surface area contributed by atoms with E-state index in [-0.39, 0.29) is 11.4 Å². The average molecular weight is 464 g/mol. The zero-order chi connectivity index (χ0) is 22.6. The molecule has 3 aromatic carbocycles. The molecule has 0 spiro atoms. The summed E-state index contributed by atoms with van der Waals surface area (Å²) in [6.45, 7) is -0.474. The van der Waals surface area contributed by atoms with Crippen LogP contribution >= 0.6 is 11.6 Å². The molecule has 0 radical (unpaired) electrons. The van der Waals surface area contributed by atoms with Crippen LogP contribution in [0, 0.1) is 5.82 Å². The predicted molar refractivity (Wildman–Crippen MR) is 115 cm³/mol. The van der Waals surface area contributed by atoms with Gasteiger partial charge in [-0.3, -0.25) is 0 Å². The second-order valence-electron chi connectivity index (χ2n) is 6.73. The lowest BCUT2D eigenvalue weighted by atomic mass is 10.0. The molecule has 0 saturated heterocycles. The van der Waals surface area contributed by atoms with Gasteiger partial charge in [0.25, 0.3) is 0 Å². The van der Waals surface area contributed by atoms with Crippen LogP contribution in [0.5, 0.6) is 5.75 Å². The van der Waals surface area contributed by atoms with Gasteiger partial charge in [-0.1, -0.05) is 29.8 Å². The molecule has 0 heterocycles. The minimum Gasteiger partial charge on any atom is -0.481 e. The van der Waals surface area contributed by atoms with Gasteiger partial charge in [-0.05, 0) is 59.7 Å². The van der Waals surface area contributed by atoms with Gasteiger partial charge in [0.1, 0.15) is 11.6 Å². The molecule has 0 saturated carbocycles. The number of halogens is 2. The normalized spacial score (nSPS) is 11.5. The topological polar surface area (TPSA) is 83.9 Å². The highest BCUT2D eigenvalue weighted by Gasteiger charge is 2.21. The smallest absolute Gasteiger partial charge is 0.341 e. The summed E-state index contributed by atoms with van der Waals surface area (Å²) in [5.41, 5.74) is 1.99. The van der Waals surface area contributed by atoms with Crippen molar-refractivity contribution < 1.29 is 27.4 Å². The fraction of sp³-hybridized carbons (Fsp3) is 0.136. The first-order valence-corrected chi connectivity index (χ1v) is 10.9. The Morgan fingerprint density at radius 3 is 2.32 bits per heavy atom. The van der Waals surface area contributed by atoms with E-state index in [0.717, 1.165) is 22.0 Å². The fourth-order valence-corrected chi connectivity index (χ4v) is 4.21. The second-order valence-corrected chi connectivity index (χ2v) is 9.22. The van der Waals surface area contributed by atoms with Crippen molar-refractivity contribution in [3.63, 3.8) is 0 Å². The van der Waals surface area contributed by atoms with Crippen LogP contribution in [0.1, 0.15) is 5.56 Å². The standard InChI is InChI=1S/C22H19ClFNO5S/c1-25(31(28,29)19-9-7-18(24)8-10-19)13-15-2-11-21(30-14-22(26)27)20(12-15)16-3-5-17(23)6-4-16/h2-12H,13-14H2,1H3,(H,26,27). The van der Waals surface area contributed by atoms with Crippen molar-refractivity contribution in [3.8, 4) is 16.9 Å². The van der Waals surface area contributed by atoms with Gasteiger partial charge in [-0.25, -0.2) is 17.6 Å². The maximum Gasteiger partial charge on any atom is 0.341 e. The summed E-state index contributed by atoms with van der Waals surface area (Å²) in [5.74, 6) is -1.29.